The average Bonchev–Trinajstić information content (AvgIpc) is 2.47. The van der Waals surface area contributed by atoms with Crippen LogP contribution in [-0.4, -0.2) is 24.0 Å². The number of esters is 1. The lowest BCUT2D eigenvalue weighted by atomic mass is 10.2. The van der Waals surface area contributed by atoms with Crippen LogP contribution in [0.25, 0.3) is 0 Å². The Labute approximate surface area is 114 Å². The summed E-state index contributed by atoms with van der Waals surface area (Å²) in [7, 11) is 1.29. The first-order valence-electron chi connectivity index (χ1n) is 5.79. The second-order valence-corrected chi connectivity index (χ2v) is 3.94. The summed E-state index contributed by atoms with van der Waals surface area (Å²) in [6, 6.07) is 9.16. The van der Waals surface area contributed by atoms with E-state index in [1.165, 1.54) is 31.5 Å². The van der Waals surface area contributed by atoms with Crippen LogP contribution in [0.2, 0.25) is 0 Å². The van der Waals surface area contributed by atoms with Crippen molar-refractivity contribution < 1.29 is 14.3 Å². The molecule has 20 heavy (non-hydrogen) atoms. The number of H-pyrrole nitrogens is 1. The van der Waals surface area contributed by atoms with E-state index in [9.17, 15) is 14.4 Å². The van der Waals surface area contributed by atoms with E-state index >= 15 is 0 Å². The molecular formula is C14H12N2O4. The average molecular weight is 272 g/mol. The molecule has 0 saturated heterocycles. The molecule has 6 heteroatoms. The fraction of sp³-hybridized carbons (Fsp3) is 0.0714. The number of ether oxygens (including phenoxy) is 1. The Kier molecular flexibility index (Phi) is 3.95. The summed E-state index contributed by atoms with van der Waals surface area (Å²) in [4.78, 5) is 37.0. The van der Waals surface area contributed by atoms with Crippen LogP contribution in [0, 0.1) is 0 Å². The zero-order valence-electron chi connectivity index (χ0n) is 10.7. The predicted octanol–water partition coefficient (Wildman–Crippen LogP) is 1.41. The first-order chi connectivity index (χ1) is 9.61. The maximum Gasteiger partial charge on any atom is 0.337 e. The topological polar surface area (TPSA) is 88.3 Å². The van der Waals surface area contributed by atoms with Gasteiger partial charge in [0.1, 0.15) is 5.56 Å². The Balaban J connectivity index is 2.15. The van der Waals surface area contributed by atoms with Crippen molar-refractivity contribution in [1.29, 1.82) is 0 Å². The van der Waals surface area contributed by atoms with E-state index in [4.69, 9.17) is 0 Å². The fourth-order valence-electron chi connectivity index (χ4n) is 1.61. The van der Waals surface area contributed by atoms with Crippen LogP contribution >= 0.6 is 0 Å². The molecule has 0 saturated carbocycles. The van der Waals surface area contributed by atoms with E-state index in [0.29, 0.717) is 11.3 Å². The summed E-state index contributed by atoms with van der Waals surface area (Å²) >= 11 is 0. The number of aromatic amines is 1. The summed E-state index contributed by atoms with van der Waals surface area (Å²) in [5.41, 5.74) is 0.412. The van der Waals surface area contributed by atoms with Gasteiger partial charge in [-0.3, -0.25) is 9.59 Å². The molecule has 0 radical (unpaired) electrons. The third kappa shape index (κ3) is 2.92. The van der Waals surface area contributed by atoms with Gasteiger partial charge in [-0.2, -0.15) is 0 Å². The number of methoxy groups -OCH3 is 1. The Bertz CT molecular complexity index is 689. The molecule has 0 spiro atoms. The van der Waals surface area contributed by atoms with Gasteiger partial charge in [-0.25, -0.2) is 4.79 Å². The van der Waals surface area contributed by atoms with Crippen molar-refractivity contribution in [3.8, 4) is 0 Å². The maximum absolute atomic E-state index is 11.9. The zero-order valence-corrected chi connectivity index (χ0v) is 10.7. The predicted molar refractivity (Wildman–Crippen MR) is 72.8 cm³/mol. The number of amides is 1. The summed E-state index contributed by atoms with van der Waals surface area (Å²) in [5, 5.41) is 2.57. The number of benzene rings is 1. The van der Waals surface area contributed by atoms with Crippen molar-refractivity contribution in [2.45, 2.75) is 0 Å². The zero-order chi connectivity index (χ0) is 14.5. The van der Waals surface area contributed by atoms with Crippen molar-refractivity contribution in [3.05, 3.63) is 64.1 Å². The molecule has 102 valence electrons. The molecule has 6 nitrogen and oxygen atoms in total. The smallest absolute Gasteiger partial charge is 0.337 e. The van der Waals surface area contributed by atoms with E-state index in [1.54, 1.807) is 18.2 Å². The third-order valence-corrected chi connectivity index (χ3v) is 2.63. The third-order valence-electron chi connectivity index (χ3n) is 2.63. The van der Waals surface area contributed by atoms with Crippen molar-refractivity contribution in [3.63, 3.8) is 0 Å². The molecule has 2 aromatic rings. The van der Waals surface area contributed by atoms with E-state index < -0.39 is 17.4 Å². The standard InChI is InChI=1S/C14H12N2O4/c1-20-14(19)9-4-6-10(7-5-9)16-13(18)11-3-2-8-15-12(11)17/h2-8H,1H3,(H,15,17)(H,16,18). The minimum Gasteiger partial charge on any atom is -0.465 e. The highest BCUT2D eigenvalue weighted by atomic mass is 16.5. The van der Waals surface area contributed by atoms with Crippen molar-refractivity contribution in [2.24, 2.45) is 0 Å². The number of carbonyl (C=O) groups excluding carboxylic acids is 2. The van der Waals surface area contributed by atoms with Crippen LogP contribution in [0.15, 0.2) is 47.4 Å². The van der Waals surface area contributed by atoms with Crippen LogP contribution in [0.4, 0.5) is 5.69 Å². The molecule has 1 amide bonds. The lowest BCUT2D eigenvalue weighted by Crippen LogP contribution is -2.22. The Morgan fingerprint density at radius 3 is 2.45 bits per heavy atom. The number of pyridine rings is 1. The number of anilines is 1. The molecule has 1 heterocycles. The first-order valence-corrected chi connectivity index (χ1v) is 5.79. The van der Waals surface area contributed by atoms with Crippen LogP contribution in [0.5, 0.6) is 0 Å². The molecule has 0 aliphatic carbocycles. The van der Waals surface area contributed by atoms with Gasteiger partial charge in [-0.1, -0.05) is 0 Å². The fourth-order valence-corrected chi connectivity index (χ4v) is 1.61. The van der Waals surface area contributed by atoms with Gasteiger partial charge in [0, 0.05) is 11.9 Å². The molecular weight excluding hydrogens is 260 g/mol. The van der Waals surface area contributed by atoms with Gasteiger partial charge in [0.25, 0.3) is 11.5 Å². The number of aromatic nitrogens is 1. The van der Waals surface area contributed by atoms with Crippen molar-refractivity contribution in [2.75, 3.05) is 12.4 Å². The van der Waals surface area contributed by atoms with Gasteiger partial charge in [0.2, 0.25) is 0 Å². The largest absolute Gasteiger partial charge is 0.465 e. The molecule has 0 fully saturated rings. The Morgan fingerprint density at radius 2 is 1.85 bits per heavy atom. The van der Waals surface area contributed by atoms with E-state index in [0.717, 1.165) is 0 Å². The molecule has 2 N–H and O–H groups in total. The van der Waals surface area contributed by atoms with E-state index in [-0.39, 0.29) is 5.56 Å². The Morgan fingerprint density at radius 1 is 1.15 bits per heavy atom. The van der Waals surface area contributed by atoms with Crippen LogP contribution < -0.4 is 10.9 Å². The van der Waals surface area contributed by atoms with Crippen molar-refractivity contribution in [1.82, 2.24) is 4.98 Å². The highest BCUT2D eigenvalue weighted by Crippen LogP contribution is 2.11. The van der Waals surface area contributed by atoms with Crippen LogP contribution in [0.3, 0.4) is 0 Å². The van der Waals surface area contributed by atoms with Gasteiger partial charge in [-0.15, -0.1) is 0 Å². The second kappa shape index (κ2) is 5.83. The van der Waals surface area contributed by atoms with Gasteiger partial charge in [-0.05, 0) is 36.4 Å². The van der Waals surface area contributed by atoms with E-state index in [2.05, 4.69) is 15.0 Å². The lowest BCUT2D eigenvalue weighted by molar-refractivity contribution is 0.0600. The van der Waals surface area contributed by atoms with Crippen molar-refractivity contribution >= 4 is 17.6 Å². The summed E-state index contributed by atoms with van der Waals surface area (Å²) in [6.07, 6.45) is 1.45. The highest BCUT2D eigenvalue weighted by molar-refractivity contribution is 6.04. The molecule has 0 unspecified atom stereocenters. The molecule has 0 atom stereocenters. The van der Waals surface area contributed by atoms with E-state index in [1.807, 2.05) is 0 Å². The molecule has 0 bridgehead atoms. The van der Waals surface area contributed by atoms with Crippen LogP contribution in [-0.2, 0) is 4.74 Å². The molecule has 0 aliphatic heterocycles. The summed E-state index contributed by atoms with van der Waals surface area (Å²) in [5.74, 6) is -0.972. The SMILES string of the molecule is COC(=O)c1ccc(NC(=O)c2ccc[nH]c2=O)cc1. The normalized spacial score (nSPS) is 9.85. The molecule has 2 rings (SSSR count). The van der Waals surface area contributed by atoms with Gasteiger partial charge in [0.15, 0.2) is 0 Å². The number of carbonyl (C=O) groups is 2. The molecule has 1 aromatic carbocycles. The number of hydrogen-bond donors (Lipinski definition) is 2. The minimum absolute atomic E-state index is 0.0181. The summed E-state index contributed by atoms with van der Waals surface area (Å²) < 4.78 is 4.57. The molecule has 1 aromatic heterocycles. The lowest BCUT2D eigenvalue weighted by Gasteiger charge is -2.05. The molecule has 0 aliphatic rings. The van der Waals surface area contributed by atoms with Gasteiger partial charge < -0.3 is 15.0 Å². The van der Waals surface area contributed by atoms with Gasteiger partial charge >= 0.3 is 5.97 Å². The number of hydrogen-bond acceptors (Lipinski definition) is 4. The highest BCUT2D eigenvalue weighted by Gasteiger charge is 2.10. The first kappa shape index (κ1) is 13.5. The minimum atomic E-state index is -0.516. The quantitative estimate of drug-likeness (QED) is 0.827. The maximum atomic E-state index is 11.9. The van der Waals surface area contributed by atoms with Gasteiger partial charge in [0.05, 0.1) is 12.7 Å². The second-order valence-electron chi connectivity index (χ2n) is 3.94. The number of nitrogens with one attached hydrogen (secondary N) is 2. The summed E-state index contributed by atoms with van der Waals surface area (Å²) in [6.45, 7) is 0. The Hall–Kier alpha value is -2.89. The monoisotopic (exact) mass is 272 g/mol. The van der Waals surface area contributed by atoms with Crippen LogP contribution in [0.1, 0.15) is 20.7 Å². The number of rotatable bonds is 3.